The van der Waals surface area contributed by atoms with E-state index in [0.717, 1.165) is 28.9 Å². The maximum absolute atomic E-state index is 13.7. The summed E-state index contributed by atoms with van der Waals surface area (Å²) in [4.78, 5) is 28.9. The first-order valence-electron chi connectivity index (χ1n) is 11.9. The van der Waals surface area contributed by atoms with Crippen molar-refractivity contribution in [1.82, 2.24) is 10.2 Å². The van der Waals surface area contributed by atoms with Gasteiger partial charge in [0, 0.05) is 24.0 Å². The van der Waals surface area contributed by atoms with Crippen LogP contribution in [0.15, 0.2) is 78.9 Å². The van der Waals surface area contributed by atoms with E-state index in [0.29, 0.717) is 11.4 Å². The van der Waals surface area contributed by atoms with Gasteiger partial charge in [0.1, 0.15) is 11.8 Å². The highest BCUT2D eigenvalue weighted by molar-refractivity contribution is 6.31. The van der Waals surface area contributed by atoms with Crippen molar-refractivity contribution >= 4 is 23.4 Å². The van der Waals surface area contributed by atoms with Crippen LogP contribution in [0.5, 0.6) is 5.75 Å². The predicted octanol–water partition coefficient (Wildman–Crippen LogP) is 5.45. The minimum Gasteiger partial charge on any atom is -0.497 e. The Bertz CT molecular complexity index is 1100. The van der Waals surface area contributed by atoms with E-state index in [1.807, 2.05) is 86.6 Å². The molecular weight excluding hydrogens is 460 g/mol. The Morgan fingerprint density at radius 3 is 2.23 bits per heavy atom. The summed E-state index contributed by atoms with van der Waals surface area (Å²) in [5.41, 5.74) is 2.63. The summed E-state index contributed by atoms with van der Waals surface area (Å²) in [6.45, 7) is 4.22. The van der Waals surface area contributed by atoms with Gasteiger partial charge in [-0.1, -0.05) is 79.2 Å². The second-order valence-electron chi connectivity index (χ2n) is 8.66. The van der Waals surface area contributed by atoms with Gasteiger partial charge in [0.15, 0.2) is 0 Å². The molecule has 6 heteroatoms. The molecule has 0 heterocycles. The molecule has 0 aliphatic carbocycles. The van der Waals surface area contributed by atoms with E-state index in [1.54, 1.807) is 18.1 Å². The molecule has 184 valence electrons. The number of ether oxygens (including phenoxy) is 1. The zero-order valence-corrected chi connectivity index (χ0v) is 21.3. The first-order chi connectivity index (χ1) is 16.9. The highest BCUT2D eigenvalue weighted by Gasteiger charge is 2.31. The molecule has 2 atom stereocenters. The van der Waals surface area contributed by atoms with Gasteiger partial charge in [-0.2, -0.15) is 0 Å². The summed E-state index contributed by atoms with van der Waals surface area (Å²) in [7, 11) is 1.61. The van der Waals surface area contributed by atoms with Gasteiger partial charge in [0.25, 0.3) is 0 Å². The number of amides is 2. The number of nitrogens with one attached hydrogen (secondary N) is 1. The smallest absolute Gasteiger partial charge is 0.243 e. The molecule has 0 spiro atoms. The quantitative estimate of drug-likeness (QED) is 0.387. The maximum Gasteiger partial charge on any atom is 0.243 e. The molecule has 3 aromatic rings. The fourth-order valence-corrected chi connectivity index (χ4v) is 4.02. The van der Waals surface area contributed by atoms with Gasteiger partial charge < -0.3 is 15.0 Å². The number of rotatable bonds is 11. The second-order valence-corrected chi connectivity index (χ2v) is 9.07. The van der Waals surface area contributed by atoms with Crippen LogP contribution in [0.3, 0.4) is 0 Å². The molecule has 1 N–H and O–H groups in total. The van der Waals surface area contributed by atoms with Crippen LogP contribution in [0.2, 0.25) is 5.02 Å². The molecule has 0 aliphatic heterocycles. The lowest BCUT2D eigenvalue weighted by atomic mass is 10.0. The van der Waals surface area contributed by atoms with E-state index >= 15 is 0 Å². The molecule has 0 saturated heterocycles. The number of carbonyl (C=O) groups excluding carboxylic acids is 2. The fraction of sp³-hybridized carbons (Fsp3) is 0.310. The van der Waals surface area contributed by atoms with E-state index in [4.69, 9.17) is 16.3 Å². The van der Waals surface area contributed by atoms with Gasteiger partial charge in [-0.05, 0) is 48.2 Å². The van der Waals surface area contributed by atoms with Crippen LogP contribution in [-0.4, -0.2) is 35.9 Å². The third-order valence-corrected chi connectivity index (χ3v) is 6.45. The average molecular weight is 493 g/mol. The number of nitrogens with zero attached hydrogens (tertiary/aromatic N) is 1. The highest BCUT2D eigenvalue weighted by atomic mass is 35.5. The third-order valence-electron chi connectivity index (χ3n) is 6.09. The number of benzene rings is 3. The molecule has 2 amide bonds. The van der Waals surface area contributed by atoms with Crippen LogP contribution in [0, 0.1) is 0 Å². The zero-order chi connectivity index (χ0) is 25.2. The van der Waals surface area contributed by atoms with Crippen LogP contribution in [0.1, 0.15) is 37.0 Å². The van der Waals surface area contributed by atoms with Gasteiger partial charge in [-0.15, -0.1) is 0 Å². The normalized spacial score (nSPS) is 12.5. The Kier molecular flexibility index (Phi) is 9.74. The monoisotopic (exact) mass is 492 g/mol. The van der Waals surface area contributed by atoms with E-state index in [2.05, 4.69) is 5.32 Å². The lowest BCUT2D eigenvalue weighted by Crippen LogP contribution is -2.52. The largest absolute Gasteiger partial charge is 0.497 e. The van der Waals surface area contributed by atoms with Crippen molar-refractivity contribution in [2.75, 3.05) is 7.11 Å². The molecular formula is C29H33ClN2O3. The van der Waals surface area contributed by atoms with E-state index < -0.39 is 6.04 Å². The Labute approximate surface area is 213 Å². The number of methoxy groups -OCH3 is 1. The Morgan fingerprint density at radius 2 is 1.60 bits per heavy atom. The third kappa shape index (κ3) is 7.59. The predicted molar refractivity (Wildman–Crippen MR) is 141 cm³/mol. The van der Waals surface area contributed by atoms with E-state index in [9.17, 15) is 9.59 Å². The SMILES string of the molecule is CC[C@H](C)NC(=O)[C@@H](Cc1ccccc1)N(Cc1ccccc1Cl)C(=O)Cc1ccc(OC)cc1. The van der Waals surface area contributed by atoms with Crippen LogP contribution < -0.4 is 10.1 Å². The number of carbonyl (C=O) groups is 2. The van der Waals surface area contributed by atoms with Crippen molar-refractivity contribution in [1.29, 1.82) is 0 Å². The van der Waals surface area contributed by atoms with Crippen molar-refractivity contribution in [3.63, 3.8) is 0 Å². The Hall–Kier alpha value is -3.31. The second kappa shape index (κ2) is 13.0. The van der Waals surface area contributed by atoms with Crippen LogP contribution in [0.25, 0.3) is 0 Å². The molecule has 0 radical (unpaired) electrons. The van der Waals surface area contributed by atoms with Crippen molar-refractivity contribution < 1.29 is 14.3 Å². The lowest BCUT2D eigenvalue weighted by molar-refractivity contribution is -0.141. The van der Waals surface area contributed by atoms with Crippen LogP contribution in [0.4, 0.5) is 0 Å². The molecule has 0 bridgehead atoms. The van der Waals surface area contributed by atoms with Gasteiger partial charge in [-0.25, -0.2) is 0 Å². The molecule has 35 heavy (non-hydrogen) atoms. The number of hydrogen-bond acceptors (Lipinski definition) is 3. The van der Waals surface area contributed by atoms with Gasteiger partial charge in [0.05, 0.1) is 13.5 Å². The van der Waals surface area contributed by atoms with Gasteiger partial charge in [0.2, 0.25) is 11.8 Å². The molecule has 0 aliphatic rings. The van der Waals surface area contributed by atoms with Crippen molar-refractivity contribution in [2.45, 2.75) is 51.7 Å². The van der Waals surface area contributed by atoms with Gasteiger partial charge >= 0.3 is 0 Å². The van der Waals surface area contributed by atoms with Crippen molar-refractivity contribution in [3.05, 3.63) is 101 Å². The first-order valence-corrected chi connectivity index (χ1v) is 12.3. The molecule has 0 aromatic heterocycles. The molecule has 0 unspecified atom stereocenters. The lowest BCUT2D eigenvalue weighted by Gasteiger charge is -2.32. The summed E-state index contributed by atoms with van der Waals surface area (Å²) >= 11 is 6.47. The van der Waals surface area contributed by atoms with Gasteiger partial charge in [-0.3, -0.25) is 9.59 Å². The Balaban J connectivity index is 1.97. The van der Waals surface area contributed by atoms with E-state index in [-0.39, 0.29) is 30.8 Å². The Morgan fingerprint density at radius 1 is 0.943 bits per heavy atom. The molecule has 0 saturated carbocycles. The maximum atomic E-state index is 13.7. The standard InChI is InChI=1S/C29H33ClN2O3/c1-4-21(2)31-29(34)27(18-22-10-6-5-7-11-22)32(20-24-12-8-9-13-26(24)30)28(33)19-23-14-16-25(35-3)17-15-23/h5-17,21,27H,4,18-20H2,1-3H3,(H,31,34)/t21-,27+/m0/s1. The highest BCUT2D eigenvalue weighted by Crippen LogP contribution is 2.22. The van der Waals surface area contributed by atoms with Crippen molar-refractivity contribution in [3.8, 4) is 5.75 Å². The summed E-state index contributed by atoms with van der Waals surface area (Å²) in [5, 5.41) is 3.65. The molecule has 3 rings (SSSR count). The summed E-state index contributed by atoms with van der Waals surface area (Å²) in [5.74, 6) is 0.415. The summed E-state index contributed by atoms with van der Waals surface area (Å²) in [6.07, 6.45) is 1.37. The number of hydrogen-bond donors (Lipinski definition) is 1. The molecule has 3 aromatic carbocycles. The summed E-state index contributed by atoms with van der Waals surface area (Å²) < 4.78 is 5.23. The fourth-order valence-electron chi connectivity index (χ4n) is 3.82. The summed E-state index contributed by atoms with van der Waals surface area (Å²) in [6, 6.07) is 23.9. The molecule has 0 fully saturated rings. The average Bonchev–Trinajstić information content (AvgIpc) is 2.88. The minimum atomic E-state index is -0.687. The van der Waals surface area contributed by atoms with Crippen molar-refractivity contribution in [2.24, 2.45) is 0 Å². The van der Waals surface area contributed by atoms with Crippen LogP contribution in [-0.2, 0) is 29.0 Å². The van der Waals surface area contributed by atoms with Crippen LogP contribution >= 0.6 is 11.6 Å². The first kappa shape index (κ1) is 26.3. The minimum absolute atomic E-state index is 0.000346. The topological polar surface area (TPSA) is 58.6 Å². The molecule has 5 nitrogen and oxygen atoms in total. The van der Waals surface area contributed by atoms with E-state index in [1.165, 1.54) is 0 Å². The zero-order valence-electron chi connectivity index (χ0n) is 20.5. The number of halogens is 1.